The molecule has 7 heteroatoms. The van der Waals surface area contributed by atoms with E-state index in [4.69, 9.17) is 10.3 Å². The van der Waals surface area contributed by atoms with E-state index in [1.165, 1.54) is 24.3 Å². The van der Waals surface area contributed by atoms with Crippen LogP contribution in [0.15, 0.2) is 75.8 Å². The van der Waals surface area contributed by atoms with Gasteiger partial charge >= 0.3 is 0 Å². The van der Waals surface area contributed by atoms with E-state index in [9.17, 15) is 8.42 Å². The number of rotatable bonds is 3. The Morgan fingerprint density at radius 1 is 0.826 bits per heavy atom. The molecule has 6 nitrogen and oxygen atoms in total. The summed E-state index contributed by atoms with van der Waals surface area (Å²) in [5, 5.41) is 10.1. The van der Waals surface area contributed by atoms with Crippen LogP contribution in [0.4, 0.5) is 17.1 Å². The Kier molecular flexibility index (Phi) is 3.81. The summed E-state index contributed by atoms with van der Waals surface area (Å²) < 4.78 is 30.9. The molecule has 116 valence electrons. The van der Waals surface area contributed by atoms with Gasteiger partial charge in [-0.2, -0.15) is 13.5 Å². The van der Waals surface area contributed by atoms with Gasteiger partial charge in [0.2, 0.25) is 0 Å². The molecule has 0 unspecified atom stereocenters. The highest BCUT2D eigenvalue weighted by Crippen LogP contribution is 2.31. The lowest BCUT2D eigenvalue weighted by Crippen LogP contribution is -1.96. The maximum Gasteiger partial charge on any atom is 0.294 e. The van der Waals surface area contributed by atoms with Gasteiger partial charge in [-0.15, -0.1) is 5.11 Å². The van der Waals surface area contributed by atoms with Crippen LogP contribution in [0.1, 0.15) is 0 Å². The van der Waals surface area contributed by atoms with Gasteiger partial charge in [-0.25, -0.2) is 0 Å². The smallest absolute Gasteiger partial charge is 0.294 e. The molecule has 0 saturated carbocycles. The molecule has 0 atom stereocenters. The van der Waals surface area contributed by atoms with E-state index >= 15 is 0 Å². The number of nitrogen functional groups attached to an aromatic ring is 1. The van der Waals surface area contributed by atoms with Crippen molar-refractivity contribution < 1.29 is 13.0 Å². The quantitative estimate of drug-likeness (QED) is 0.429. The fourth-order valence-corrected chi connectivity index (χ4v) is 2.67. The number of hydrogen-bond donors (Lipinski definition) is 2. The molecule has 0 aliphatic heterocycles. The Morgan fingerprint density at radius 2 is 1.48 bits per heavy atom. The summed E-state index contributed by atoms with van der Waals surface area (Å²) >= 11 is 0. The number of azo groups is 1. The molecule has 0 aliphatic rings. The van der Waals surface area contributed by atoms with E-state index in [1.54, 1.807) is 12.1 Å². The first-order valence-electron chi connectivity index (χ1n) is 6.72. The monoisotopic (exact) mass is 327 g/mol. The summed E-state index contributed by atoms with van der Waals surface area (Å²) in [6.07, 6.45) is 0. The summed E-state index contributed by atoms with van der Waals surface area (Å²) in [5.74, 6) is 0. The van der Waals surface area contributed by atoms with Crippen molar-refractivity contribution in [3.63, 3.8) is 0 Å². The van der Waals surface area contributed by atoms with Gasteiger partial charge < -0.3 is 5.73 Å². The Morgan fingerprint density at radius 3 is 2.13 bits per heavy atom. The van der Waals surface area contributed by atoms with E-state index in [-0.39, 0.29) is 4.90 Å². The number of anilines is 1. The largest absolute Gasteiger partial charge is 0.398 e. The normalized spacial score (nSPS) is 12.0. The molecule has 0 fully saturated rings. The van der Waals surface area contributed by atoms with Crippen molar-refractivity contribution in [1.82, 2.24) is 0 Å². The highest BCUT2D eigenvalue weighted by atomic mass is 32.2. The van der Waals surface area contributed by atoms with Crippen LogP contribution in [0.3, 0.4) is 0 Å². The SMILES string of the molecule is Nc1ccc(/N=N/c2ccc(S(=O)(=O)O)cc2)c2ccccc12. The average molecular weight is 327 g/mol. The third-order valence-corrected chi connectivity index (χ3v) is 4.21. The summed E-state index contributed by atoms with van der Waals surface area (Å²) in [4.78, 5) is -0.186. The number of benzene rings is 3. The second-order valence-corrected chi connectivity index (χ2v) is 6.31. The summed E-state index contributed by atoms with van der Waals surface area (Å²) in [7, 11) is -4.21. The molecule has 0 aliphatic carbocycles. The van der Waals surface area contributed by atoms with Gasteiger partial charge in [0.05, 0.1) is 16.3 Å². The minimum atomic E-state index is -4.21. The zero-order valence-electron chi connectivity index (χ0n) is 11.9. The van der Waals surface area contributed by atoms with Crippen LogP contribution in [-0.4, -0.2) is 13.0 Å². The van der Waals surface area contributed by atoms with Crippen LogP contribution in [0.25, 0.3) is 10.8 Å². The van der Waals surface area contributed by atoms with E-state index in [0.29, 0.717) is 17.1 Å². The molecule has 23 heavy (non-hydrogen) atoms. The minimum Gasteiger partial charge on any atom is -0.398 e. The molecule has 0 saturated heterocycles. The first-order chi connectivity index (χ1) is 10.9. The van der Waals surface area contributed by atoms with Gasteiger partial charge in [0.15, 0.2) is 0 Å². The minimum absolute atomic E-state index is 0.186. The van der Waals surface area contributed by atoms with Gasteiger partial charge in [0, 0.05) is 16.5 Å². The summed E-state index contributed by atoms with van der Waals surface area (Å²) in [6.45, 7) is 0. The molecular weight excluding hydrogens is 314 g/mol. The summed E-state index contributed by atoms with van der Waals surface area (Å²) in [6, 6.07) is 16.6. The molecule has 0 amide bonds. The molecule has 3 aromatic rings. The molecule has 0 radical (unpaired) electrons. The Hall–Kier alpha value is -2.77. The van der Waals surface area contributed by atoms with Crippen LogP contribution in [0.5, 0.6) is 0 Å². The van der Waals surface area contributed by atoms with Crippen LogP contribution in [-0.2, 0) is 10.1 Å². The Labute approximate surface area is 133 Å². The van der Waals surface area contributed by atoms with Crippen molar-refractivity contribution in [2.24, 2.45) is 10.2 Å². The van der Waals surface area contributed by atoms with Gasteiger partial charge in [-0.3, -0.25) is 4.55 Å². The number of hydrogen-bond acceptors (Lipinski definition) is 5. The van der Waals surface area contributed by atoms with E-state index < -0.39 is 10.1 Å². The highest BCUT2D eigenvalue weighted by molar-refractivity contribution is 7.85. The van der Waals surface area contributed by atoms with Gasteiger partial charge in [0.1, 0.15) is 0 Å². The fourth-order valence-electron chi connectivity index (χ4n) is 2.19. The lowest BCUT2D eigenvalue weighted by atomic mass is 10.1. The standard InChI is InChI=1S/C16H13N3O3S/c17-15-9-10-16(14-4-2-1-3-13(14)15)19-18-11-5-7-12(8-6-11)23(20,21)22/h1-10H,17H2,(H,20,21,22)/b19-18+. The lowest BCUT2D eigenvalue weighted by Gasteiger charge is -2.04. The first kappa shape index (κ1) is 15.1. The Balaban J connectivity index is 1.96. The van der Waals surface area contributed by atoms with E-state index in [0.717, 1.165) is 10.8 Å². The molecule has 0 heterocycles. The van der Waals surface area contributed by atoms with Crippen LogP contribution in [0, 0.1) is 0 Å². The molecule has 3 N–H and O–H groups in total. The van der Waals surface area contributed by atoms with Crippen molar-refractivity contribution >= 4 is 38.0 Å². The molecule has 0 aromatic heterocycles. The van der Waals surface area contributed by atoms with Crippen molar-refractivity contribution in [1.29, 1.82) is 0 Å². The molecule has 0 bridgehead atoms. The van der Waals surface area contributed by atoms with Crippen LogP contribution < -0.4 is 5.73 Å². The first-order valence-corrected chi connectivity index (χ1v) is 8.16. The number of nitrogens with two attached hydrogens (primary N) is 1. The van der Waals surface area contributed by atoms with Crippen LogP contribution >= 0.6 is 0 Å². The second-order valence-electron chi connectivity index (χ2n) is 4.89. The zero-order valence-corrected chi connectivity index (χ0v) is 12.7. The van der Waals surface area contributed by atoms with Crippen molar-refractivity contribution in [2.75, 3.05) is 5.73 Å². The number of fused-ring (bicyclic) bond motifs is 1. The van der Waals surface area contributed by atoms with E-state index in [1.807, 2.05) is 24.3 Å². The van der Waals surface area contributed by atoms with Crippen molar-refractivity contribution in [3.8, 4) is 0 Å². The maximum atomic E-state index is 11.0. The zero-order chi connectivity index (χ0) is 16.4. The van der Waals surface area contributed by atoms with Gasteiger partial charge in [0.25, 0.3) is 10.1 Å². The van der Waals surface area contributed by atoms with Crippen molar-refractivity contribution in [2.45, 2.75) is 4.90 Å². The predicted molar refractivity (Wildman–Crippen MR) is 88.8 cm³/mol. The molecule has 3 rings (SSSR count). The van der Waals surface area contributed by atoms with Gasteiger partial charge in [-0.05, 0) is 36.4 Å². The highest BCUT2D eigenvalue weighted by Gasteiger charge is 2.08. The van der Waals surface area contributed by atoms with Gasteiger partial charge in [-0.1, -0.05) is 24.3 Å². The average Bonchev–Trinajstić information content (AvgIpc) is 2.54. The second kappa shape index (κ2) is 5.79. The predicted octanol–water partition coefficient (Wildman–Crippen LogP) is 4.08. The number of nitrogens with zero attached hydrogens (tertiary/aromatic N) is 2. The Bertz CT molecular complexity index is 997. The van der Waals surface area contributed by atoms with Crippen molar-refractivity contribution in [3.05, 3.63) is 60.7 Å². The molecular formula is C16H13N3O3S. The lowest BCUT2D eigenvalue weighted by molar-refractivity contribution is 0.483. The maximum absolute atomic E-state index is 11.0. The third-order valence-electron chi connectivity index (χ3n) is 3.34. The molecule has 3 aromatic carbocycles. The molecule has 0 spiro atoms. The van der Waals surface area contributed by atoms with E-state index in [2.05, 4.69) is 10.2 Å². The topological polar surface area (TPSA) is 105 Å². The summed E-state index contributed by atoms with van der Waals surface area (Å²) in [5.41, 5.74) is 7.73. The van der Waals surface area contributed by atoms with Crippen LogP contribution in [0.2, 0.25) is 0 Å². The fraction of sp³-hybridized carbons (Fsp3) is 0. The third kappa shape index (κ3) is 3.20.